The van der Waals surface area contributed by atoms with E-state index in [9.17, 15) is 9.18 Å². The molecule has 3 rings (SSSR count). The number of nitrogens with one attached hydrogen (secondary N) is 1. The van der Waals surface area contributed by atoms with Gasteiger partial charge in [-0.15, -0.1) is 0 Å². The third-order valence-electron chi connectivity index (χ3n) is 3.51. The number of unbranched alkanes of at least 4 members (excludes halogenated alkanes) is 2. The Balaban J connectivity index is 1.82. The predicted molar refractivity (Wildman–Crippen MR) is 85.8 cm³/mol. The van der Waals surface area contributed by atoms with E-state index >= 15 is 0 Å². The Morgan fingerprint density at radius 2 is 2.21 bits per heavy atom. The summed E-state index contributed by atoms with van der Waals surface area (Å²) in [6.07, 6.45) is 2.95. The molecule has 0 fully saturated rings. The molecule has 0 aliphatic heterocycles. The molecule has 1 aromatic carbocycles. The number of halogens is 1. The molecule has 2 aromatic heterocycles. The van der Waals surface area contributed by atoms with Crippen LogP contribution >= 0.6 is 0 Å². The summed E-state index contributed by atoms with van der Waals surface area (Å²) in [4.78, 5) is 18.5. The monoisotopic (exact) mass is 326 g/mol. The summed E-state index contributed by atoms with van der Waals surface area (Å²) in [6, 6.07) is 4.73. The minimum absolute atomic E-state index is 0.0491. The second-order valence-corrected chi connectivity index (χ2v) is 5.34. The molecule has 0 aliphatic rings. The largest absolute Gasteiger partial charge is 0.299 e. The molecule has 1 N–H and O–H groups in total. The number of H-pyrrole nitrogens is 1. The lowest BCUT2D eigenvalue weighted by molar-refractivity contribution is 0.314. The number of hydrogen-bond donors (Lipinski definition) is 1. The molecule has 0 spiro atoms. The maximum absolute atomic E-state index is 14.2. The van der Waals surface area contributed by atoms with Crippen LogP contribution < -0.4 is 5.56 Å². The van der Waals surface area contributed by atoms with Gasteiger partial charge in [0.1, 0.15) is 11.5 Å². The van der Waals surface area contributed by atoms with Gasteiger partial charge in [0.2, 0.25) is 11.3 Å². The summed E-state index contributed by atoms with van der Waals surface area (Å²) in [5.74, 6) is 5.54. The Kier molecular flexibility index (Phi) is 4.66. The molecule has 2 heterocycles. The van der Waals surface area contributed by atoms with Gasteiger partial charge in [0.05, 0.1) is 0 Å². The molecule has 0 aliphatic carbocycles. The number of fused-ring (bicyclic) bond motifs is 1. The van der Waals surface area contributed by atoms with Crippen molar-refractivity contribution in [1.29, 1.82) is 0 Å². The molecule has 3 aromatic rings. The van der Waals surface area contributed by atoms with E-state index in [4.69, 9.17) is 0 Å². The zero-order valence-electron chi connectivity index (χ0n) is 13.1. The summed E-state index contributed by atoms with van der Waals surface area (Å²) >= 11 is 0. The van der Waals surface area contributed by atoms with E-state index in [-0.39, 0.29) is 23.4 Å². The SMILES string of the molecule is CCCCC#Cc1ccc(Cc2nc3nonc3[nH]c2=O)c(F)c1. The fourth-order valence-electron chi connectivity index (χ4n) is 2.19. The molecule has 6 nitrogen and oxygen atoms in total. The molecule has 24 heavy (non-hydrogen) atoms. The Morgan fingerprint density at radius 3 is 3.00 bits per heavy atom. The van der Waals surface area contributed by atoms with Crippen molar-refractivity contribution in [2.75, 3.05) is 0 Å². The third-order valence-corrected chi connectivity index (χ3v) is 3.51. The normalized spacial score (nSPS) is 10.6. The van der Waals surface area contributed by atoms with Crippen molar-refractivity contribution >= 4 is 11.3 Å². The highest BCUT2D eigenvalue weighted by molar-refractivity contribution is 5.62. The van der Waals surface area contributed by atoms with Gasteiger partial charge in [0, 0.05) is 18.4 Å². The maximum Gasteiger partial charge on any atom is 0.271 e. The first kappa shape index (κ1) is 15.9. The van der Waals surface area contributed by atoms with Gasteiger partial charge < -0.3 is 0 Å². The molecular weight excluding hydrogens is 311 g/mol. The number of hydrogen-bond acceptors (Lipinski definition) is 5. The van der Waals surface area contributed by atoms with Gasteiger partial charge in [-0.1, -0.05) is 31.3 Å². The first-order valence-electron chi connectivity index (χ1n) is 7.66. The van der Waals surface area contributed by atoms with Crippen LogP contribution in [0.1, 0.15) is 43.0 Å². The minimum Gasteiger partial charge on any atom is -0.299 e. The van der Waals surface area contributed by atoms with E-state index in [2.05, 4.69) is 43.7 Å². The Hall–Kier alpha value is -3.01. The second kappa shape index (κ2) is 7.04. The highest BCUT2D eigenvalue weighted by Gasteiger charge is 2.12. The van der Waals surface area contributed by atoms with Crippen molar-refractivity contribution in [2.45, 2.75) is 32.6 Å². The zero-order valence-corrected chi connectivity index (χ0v) is 13.1. The second-order valence-electron chi connectivity index (χ2n) is 5.34. The molecule has 0 radical (unpaired) electrons. The van der Waals surface area contributed by atoms with Gasteiger partial charge in [-0.05, 0) is 34.4 Å². The van der Waals surface area contributed by atoms with E-state index in [1.165, 1.54) is 6.07 Å². The average molecular weight is 326 g/mol. The smallest absolute Gasteiger partial charge is 0.271 e. The number of rotatable bonds is 4. The van der Waals surface area contributed by atoms with Crippen molar-refractivity contribution in [3.63, 3.8) is 0 Å². The lowest BCUT2D eigenvalue weighted by atomic mass is 10.1. The standard InChI is InChI=1S/C17H15FN4O2/c1-2-3-4-5-6-11-7-8-12(13(18)9-11)10-14-17(23)20-16-15(19-14)21-24-22-16/h7-9H,2-4,10H2,1H3,(H,20,22,23). The maximum atomic E-state index is 14.2. The summed E-state index contributed by atoms with van der Waals surface area (Å²) < 4.78 is 18.7. The highest BCUT2D eigenvalue weighted by Crippen LogP contribution is 2.13. The van der Waals surface area contributed by atoms with Gasteiger partial charge in [-0.2, -0.15) is 0 Å². The molecule has 0 amide bonds. The van der Waals surface area contributed by atoms with Crippen LogP contribution in [0.3, 0.4) is 0 Å². The van der Waals surface area contributed by atoms with Crippen LogP contribution in [0.15, 0.2) is 27.6 Å². The lowest BCUT2D eigenvalue weighted by Crippen LogP contribution is -2.16. The molecule has 0 saturated carbocycles. The third kappa shape index (κ3) is 3.49. The van der Waals surface area contributed by atoms with Gasteiger partial charge in [0.15, 0.2) is 0 Å². The van der Waals surface area contributed by atoms with Crippen LogP contribution in [0, 0.1) is 17.7 Å². The van der Waals surface area contributed by atoms with E-state index < -0.39 is 11.4 Å². The number of nitrogens with zero attached hydrogens (tertiary/aromatic N) is 3. The van der Waals surface area contributed by atoms with Crippen molar-refractivity contribution in [2.24, 2.45) is 0 Å². The highest BCUT2D eigenvalue weighted by atomic mass is 19.1. The van der Waals surface area contributed by atoms with Gasteiger partial charge in [0.25, 0.3) is 5.56 Å². The van der Waals surface area contributed by atoms with Crippen molar-refractivity contribution in [1.82, 2.24) is 20.3 Å². The minimum atomic E-state index is -0.443. The summed E-state index contributed by atoms with van der Waals surface area (Å²) in [7, 11) is 0. The number of benzene rings is 1. The first-order chi connectivity index (χ1) is 11.7. The zero-order chi connectivity index (χ0) is 16.9. The summed E-state index contributed by atoms with van der Waals surface area (Å²) in [5.41, 5.74) is 1.04. The Bertz CT molecular complexity index is 981. The van der Waals surface area contributed by atoms with Crippen molar-refractivity contribution in [3.8, 4) is 11.8 Å². The Morgan fingerprint density at radius 1 is 1.33 bits per heavy atom. The molecule has 0 bridgehead atoms. The summed E-state index contributed by atoms with van der Waals surface area (Å²) in [5, 5.41) is 7.07. The van der Waals surface area contributed by atoms with Crippen molar-refractivity contribution in [3.05, 3.63) is 51.2 Å². The fourth-order valence-corrected chi connectivity index (χ4v) is 2.19. The van der Waals surface area contributed by atoms with Gasteiger partial charge in [-0.3, -0.25) is 9.78 Å². The van der Waals surface area contributed by atoms with Gasteiger partial charge in [-0.25, -0.2) is 14.0 Å². The van der Waals surface area contributed by atoms with Crippen LogP contribution in [0.4, 0.5) is 4.39 Å². The van der Waals surface area contributed by atoms with Crippen LogP contribution in [0.5, 0.6) is 0 Å². The van der Waals surface area contributed by atoms with Crippen LogP contribution in [0.25, 0.3) is 11.3 Å². The van der Waals surface area contributed by atoms with E-state index in [1.807, 2.05) is 0 Å². The topological polar surface area (TPSA) is 84.7 Å². The lowest BCUT2D eigenvalue weighted by Gasteiger charge is -2.03. The molecule has 0 atom stereocenters. The van der Waals surface area contributed by atoms with E-state index in [0.29, 0.717) is 11.1 Å². The summed E-state index contributed by atoms with van der Waals surface area (Å²) in [6.45, 7) is 2.10. The molecule has 122 valence electrons. The van der Waals surface area contributed by atoms with Crippen LogP contribution in [-0.4, -0.2) is 20.3 Å². The molecular formula is C17H15FN4O2. The van der Waals surface area contributed by atoms with Crippen LogP contribution in [-0.2, 0) is 6.42 Å². The Labute approximate surface area is 137 Å². The molecule has 0 unspecified atom stereocenters. The quantitative estimate of drug-likeness (QED) is 0.588. The van der Waals surface area contributed by atoms with Crippen molar-refractivity contribution < 1.29 is 9.02 Å². The fraction of sp³-hybridized carbons (Fsp3) is 0.294. The van der Waals surface area contributed by atoms with E-state index in [1.54, 1.807) is 12.1 Å². The number of aromatic amines is 1. The first-order valence-corrected chi connectivity index (χ1v) is 7.66. The van der Waals surface area contributed by atoms with Crippen LogP contribution in [0.2, 0.25) is 0 Å². The average Bonchev–Trinajstić information content (AvgIpc) is 3.01. The predicted octanol–water partition coefficient (Wildman–Crippen LogP) is 2.58. The molecule has 7 heteroatoms. The molecule has 0 saturated heterocycles. The number of aromatic nitrogens is 4. The van der Waals surface area contributed by atoms with Gasteiger partial charge >= 0.3 is 0 Å². The van der Waals surface area contributed by atoms with E-state index in [0.717, 1.165) is 19.3 Å².